The minimum absolute atomic E-state index is 0.0184. The molecule has 2 nitrogen and oxygen atoms in total. The van der Waals surface area contributed by atoms with E-state index in [0.717, 1.165) is 12.8 Å². The SMILES string of the molecule is CCCCCCCC/C=C\CCCCCCCCOC(=O)CCCCCCCCCCCCCC. The Balaban J connectivity index is 3.19. The summed E-state index contributed by atoms with van der Waals surface area (Å²) in [5, 5.41) is 0. The van der Waals surface area contributed by atoms with Crippen molar-refractivity contribution in [1.82, 2.24) is 0 Å². The van der Waals surface area contributed by atoms with E-state index in [1.54, 1.807) is 0 Å². The van der Waals surface area contributed by atoms with Gasteiger partial charge in [-0.3, -0.25) is 4.79 Å². The third kappa shape index (κ3) is 31.2. The highest BCUT2D eigenvalue weighted by molar-refractivity contribution is 5.69. The summed E-state index contributed by atoms with van der Waals surface area (Å²) >= 11 is 0. The summed E-state index contributed by atoms with van der Waals surface area (Å²) in [6.45, 7) is 5.18. The molecule has 0 aromatic rings. The van der Waals surface area contributed by atoms with Crippen LogP contribution < -0.4 is 0 Å². The van der Waals surface area contributed by atoms with Crippen molar-refractivity contribution in [2.75, 3.05) is 6.61 Å². The number of allylic oxidation sites excluding steroid dienone is 2. The maximum absolute atomic E-state index is 11.9. The third-order valence-electron chi connectivity index (χ3n) is 7.15. The molecule has 0 aromatic heterocycles. The van der Waals surface area contributed by atoms with Gasteiger partial charge in [-0.25, -0.2) is 0 Å². The van der Waals surface area contributed by atoms with Gasteiger partial charge in [-0.15, -0.1) is 0 Å². The summed E-state index contributed by atoms with van der Waals surface area (Å²) in [5.41, 5.74) is 0. The van der Waals surface area contributed by atoms with E-state index in [-0.39, 0.29) is 5.97 Å². The molecule has 0 rings (SSSR count). The maximum atomic E-state index is 11.9. The molecule has 0 N–H and O–H groups in total. The van der Waals surface area contributed by atoms with E-state index in [9.17, 15) is 4.79 Å². The monoisotopic (exact) mass is 492 g/mol. The highest BCUT2D eigenvalue weighted by Gasteiger charge is 2.02. The van der Waals surface area contributed by atoms with Crippen molar-refractivity contribution in [2.24, 2.45) is 0 Å². The molecule has 0 saturated carbocycles. The van der Waals surface area contributed by atoms with Gasteiger partial charge in [-0.1, -0.05) is 154 Å². The topological polar surface area (TPSA) is 26.3 Å². The lowest BCUT2D eigenvalue weighted by molar-refractivity contribution is -0.143. The summed E-state index contributed by atoms with van der Waals surface area (Å²) in [6.07, 6.45) is 39.7. The Bertz CT molecular complexity index is 429. The van der Waals surface area contributed by atoms with Gasteiger partial charge in [0.15, 0.2) is 0 Å². The molecule has 0 aliphatic rings. The van der Waals surface area contributed by atoms with Crippen LogP contribution in [0, 0.1) is 0 Å². The van der Waals surface area contributed by atoms with Crippen LogP contribution in [0.3, 0.4) is 0 Å². The summed E-state index contributed by atoms with van der Waals surface area (Å²) in [4.78, 5) is 11.9. The Labute approximate surface area is 221 Å². The fourth-order valence-electron chi connectivity index (χ4n) is 4.72. The quantitative estimate of drug-likeness (QED) is 0.0589. The molecule has 2 heteroatoms. The Morgan fingerprint density at radius 3 is 1.23 bits per heavy atom. The molecular formula is C33H64O2. The van der Waals surface area contributed by atoms with Gasteiger partial charge in [-0.2, -0.15) is 0 Å². The lowest BCUT2D eigenvalue weighted by Gasteiger charge is -2.05. The summed E-state index contributed by atoms with van der Waals surface area (Å²) in [5.74, 6) is 0.0184. The number of rotatable bonds is 29. The Morgan fingerprint density at radius 1 is 0.457 bits per heavy atom. The van der Waals surface area contributed by atoms with Crippen LogP contribution >= 0.6 is 0 Å². The molecule has 0 heterocycles. The van der Waals surface area contributed by atoms with Crippen molar-refractivity contribution in [1.29, 1.82) is 0 Å². The molecule has 0 aliphatic carbocycles. The fourth-order valence-corrected chi connectivity index (χ4v) is 4.72. The number of hydrogen-bond donors (Lipinski definition) is 0. The minimum atomic E-state index is 0.0184. The van der Waals surface area contributed by atoms with Crippen LogP contribution in [0.25, 0.3) is 0 Å². The van der Waals surface area contributed by atoms with Crippen LogP contribution in [0.1, 0.15) is 187 Å². The molecule has 0 aromatic carbocycles. The summed E-state index contributed by atoms with van der Waals surface area (Å²) in [6, 6.07) is 0. The van der Waals surface area contributed by atoms with Gasteiger partial charge in [-0.05, 0) is 38.5 Å². The molecule has 0 unspecified atom stereocenters. The van der Waals surface area contributed by atoms with Crippen LogP contribution in [-0.4, -0.2) is 12.6 Å². The van der Waals surface area contributed by atoms with Gasteiger partial charge in [0.25, 0.3) is 0 Å². The average Bonchev–Trinajstić information content (AvgIpc) is 2.86. The molecule has 0 saturated heterocycles. The van der Waals surface area contributed by atoms with Crippen LogP contribution in [-0.2, 0) is 9.53 Å². The molecule has 208 valence electrons. The molecule has 0 atom stereocenters. The zero-order valence-corrected chi connectivity index (χ0v) is 24.3. The predicted molar refractivity (Wildman–Crippen MR) is 156 cm³/mol. The normalized spacial score (nSPS) is 11.5. The van der Waals surface area contributed by atoms with Gasteiger partial charge in [0.05, 0.1) is 6.61 Å². The first-order valence-corrected chi connectivity index (χ1v) is 16.1. The zero-order chi connectivity index (χ0) is 25.5. The zero-order valence-electron chi connectivity index (χ0n) is 24.3. The second-order valence-electron chi connectivity index (χ2n) is 10.8. The molecule has 0 aliphatic heterocycles. The molecule has 0 spiro atoms. The van der Waals surface area contributed by atoms with E-state index in [1.807, 2.05) is 0 Å². The van der Waals surface area contributed by atoms with E-state index in [2.05, 4.69) is 26.0 Å². The molecule has 0 fully saturated rings. The maximum Gasteiger partial charge on any atom is 0.305 e. The smallest absolute Gasteiger partial charge is 0.305 e. The van der Waals surface area contributed by atoms with Crippen molar-refractivity contribution in [3.8, 4) is 0 Å². The van der Waals surface area contributed by atoms with Crippen LogP contribution in [0.2, 0.25) is 0 Å². The minimum Gasteiger partial charge on any atom is -0.466 e. The van der Waals surface area contributed by atoms with Crippen LogP contribution in [0.15, 0.2) is 12.2 Å². The highest BCUT2D eigenvalue weighted by Crippen LogP contribution is 2.13. The third-order valence-corrected chi connectivity index (χ3v) is 7.15. The van der Waals surface area contributed by atoms with Gasteiger partial charge >= 0.3 is 5.97 Å². The Hall–Kier alpha value is -0.790. The van der Waals surface area contributed by atoms with Gasteiger partial charge in [0.1, 0.15) is 0 Å². The lowest BCUT2D eigenvalue weighted by atomic mass is 10.0. The average molecular weight is 493 g/mol. The lowest BCUT2D eigenvalue weighted by Crippen LogP contribution is -2.05. The van der Waals surface area contributed by atoms with Crippen LogP contribution in [0.4, 0.5) is 0 Å². The standard InChI is InChI=1S/C33H64O2/c1-3-5-7-9-11-13-15-17-18-19-20-22-24-26-28-30-32-35-33(34)31-29-27-25-23-21-16-14-12-10-8-6-4-2/h17-18H,3-16,19-32H2,1-2H3/b18-17-. The van der Waals surface area contributed by atoms with Gasteiger partial charge in [0.2, 0.25) is 0 Å². The number of hydrogen-bond acceptors (Lipinski definition) is 2. The Morgan fingerprint density at radius 2 is 0.800 bits per heavy atom. The first-order chi connectivity index (χ1) is 17.3. The van der Waals surface area contributed by atoms with Crippen molar-refractivity contribution in [3.05, 3.63) is 12.2 Å². The summed E-state index contributed by atoms with van der Waals surface area (Å²) in [7, 11) is 0. The largest absolute Gasteiger partial charge is 0.466 e. The van der Waals surface area contributed by atoms with Crippen molar-refractivity contribution >= 4 is 5.97 Å². The van der Waals surface area contributed by atoms with Crippen molar-refractivity contribution in [3.63, 3.8) is 0 Å². The van der Waals surface area contributed by atoms with Gasteiger partial charge in [0, 0.05) is 6.42 Å². The number of unbranched alkanes of at least 4 members (excludes halogenated alkanes) is 23. The molecule has 0 amide bonds. The van der Waals surface area contributed by atoms with E-state index < -0.39 is 0 Å². The Kier molecular flexibility index (Phi) is 30.5. The molecule has 0 bridgehead atoms. The first kappa shape index (κ1) is 34.2. The second kappa shape index (κ2) is 31.2. The fraction of sp³-hybridized carbons (Fsp3) is 0.909. The van der Waals surface area contributed by atoms with E-state index in [4.69, 9.17) is 4.74 Å². The van der Waals surface area contributed by atoms with E-state index >= 15 is 0 Å². The van der Waals surface area contributed by atoms with Gasteiger partial charge < -0.3 is 4.74 Å². The predicted octanol–water partition coefficient (Wildman–Crippen LogP) is 11.7. The molecular weight excluding hydrogens is 428 g/mol. The number of esters is 1. The number of carbonyl (C=O) groups excluding carboxylic acids is 1. The molecule has 0 radical (unpaired) electrons. The molecule has 35 heavy (non-hydrogen) atoms. The van der Waals surface area contributed by atoms with Crippen molar-refractivity contribution < 1.29 is 9.53 Å². The van der Waals surface area contributed by atoms with E-state index in [1.165, 1.54) is 154 Å². The second-order valence-corrected chi connectivity index (χ2v) is 10.8. The highest BCUT2D eigenvalue weighted by atomic mass is 16.5. The first-order valence-electron chi connectivity index (χ1n) is 16.1. The number of carbonyl (C=O) groups is 1. The summed E-state index contributed by atoms with van der Waals surface area (Å²) < 4.78 is 5.41. The number of ether oxygens (including phenoxy) is 1. The van der Waals surface area contributed by atoms with E-state index in [0.29, 0.717) is 13.0 Å². The van der Waals surface area contributed by atoms with Crippen molar-refractivity contribution in [2.45, 2.75) is 187 Å². The van der Waals surface area contributed by atoms with Crippen LogP contribution in [0.5, 0.6) is 0 Å².